The van der Waals surface area contributed by atoms with Gasteiger partial charge in [0.2, 0.25) is 0 Å². The van der Waals surface area contributed by atoms with Gasteiger partial charge in [-0.3, -0.25) is 9.48 Å². The second-order valence-corrected chi connectivity index (χ2v) is 6.40. The van der Waals surface area contributed by atoms with E-state index in [1.165, 1.54) is 0 Å². The second-order valence-electron chi connectivity index (χ2n) is 5.99. The van der Waals surface area contributed by atoms with Gasteiger partial charge < -0.3 is 5.32 Å². The summed E-state index contributed by atoms with van der Waals surface area (Å²) in [6.07, 6.45) is 9.38. The minimum Gasteiger partial charge on any atom is -0.349 e. The average molecular weight is 342 g/mol. The van der Waals surface area contributed by atoms with Crippen LogP contribution in [0.15, 0.2) is 43.0 Å². The fraction of sp³-hybridized carbons (Fsp3) is 0.235. The van der Waals surface area contributed by atoms with Crippen LogP contribution in [0.1, 0.15) is 23.2 Å². The topological polar surface area (TPSA) is 64.7 Å². The summed E-state index contributed by atoms with van der Waals surface area (Å²) in [5.41, 5.74) is 3.19. The number of benzene rings is 1. The fourth-order valence-corrected chi connectivity index (χ4v) is 2.71. The van der Waals surface area contributed by atoms with Crippen molar-refractivity contribution < 1.29 is 4.79 Å². The van der Waals surface area contributed by atoms with Crippen molar-refractivity contribution in [1.29, 1.82) is 0 Å². The molecule has 122 valence electrons. The Labute approximate surface area is 144 Å². The monoisotopic (exact) mass is 341 g/mol. The van der Waals surface area contributed by atoms with E-state index in [1.54, 1.807) is 27.8 Å². The first-order valence-electron chi connectivity index (χ1n) is 7.74. The van der Waals surface area contributed by atoms with Gasteiger partial charge in [-0.25, -0.2) is 4.68 Å². The van der Waals surface area contributed by atoms with Gasteiger partial charge in [0.15, 0.2) is 0 Å². The molecule has 1 N–H and O–H groups in total. The third kappa shape index (κ3) is 2.92. The molecule has 4 rings (SSSR count). The van der Waals surface area contributed by atoms with Crippen LogP contribution in [0.4, 0.5) is 0 Å². The van der Waals surface area contributed by atoms with Crippen molar-refractivity contribution in [3.8, 4) is 16.8 Å². The first-order valence-corrected chi connectivity index (χ1v) is 8.12. The summed E-state index contributed by atoms with van der Waals surface area (Å²) in [5, 5.41) is 11.9. The van der Waals surface area contributed by atoms with Crippen molar-refractivity contribution in [3.05, 3.63) is 53.6 Å². The summed E-state index contributed by atoms with van der Waals surface area (Å²) in [6, 6.07) is 5.75. The lowest BCUT2D eigenvalue weighted by Gasteiger charge is -2.07. The minimum absolute atomic E-state index is 0.121. The fourth-order valence-electron chi connectivity index (χ4n) is 2.51. The molecule has 7 heteroatoms. The highest BCUT2D eigenvalue weighted by molar-refractivity contribution is 6.34. The number of carbonyl (C=O) groups excluding carboxylic acids is 1. The molecule has 0 unspecified atom stereocenters. The number of hydrogen-bond acceptors (Lipinski definition) is 3. The van der Waals surface area contributed by atoms with Crippen molar-refractivity contribution in [1.82, 2.24) is 24.9 Å². The van der Waals surface area contributed by atoms with Gasteiger partial charge in [-0.15, -0.1) is 0 Å². The number of halogens is 1. The Morgan fingerprint density at radius 2 is 2.04 bits per heavy atom. The van der Waals surface area contributed by atoms with E-state index in [1.807, 2.05) is 31.6 Å². The normalized spacial score (nSPS) is 13.9. The third-order valence-corrected chi connectivity index (χ3v) is 4.32. The SMILES string of the molecule is Cn1cc(-n2cc(-c3ccc(Cl)c(C(=O)NC4CC4)c3)cn2)cn1. The van der Waals surface area contributed by atoms with Gasteiger partial charge in [0, 0.05) is 24.8 Å². The quantitative estimate of drug-likeness (QED) is 0.793. The largest absolute Gasteiger partial charge is 0.349 e. The number of aromatic nitrogens is 4. The molecule has 0 aliphatic heterocycles. The molecule has 1 aliphatic rings. The molecule has 1 saturated carbocycles. The van der Waals surface area contributed by atoms with Crippen molar-refractivity contribution >= 4 is 17.5 Å². The zero-order chi connectivity index (χ0) is 16.7. The Kier molecular flexibility index (Phi) is 3.61. The van der Waals surface area contributed by atoms with Crippen LogP contribution in [0.3, 0.4) is 0 Å². The molecule has 1 amide bonds. The molecule has 1 fully saturated rings. The van der Waals surface area contributed by atoms with Gasteiger partial charge in [0.05, 0.1) is 29.2 Å². The van der Waals surface area contributed by atoms with E-state index in [-0.39, 0.29) is 5.91 Å². The smallest absolute Gasteiger partial charge is 0.253 e. The van der Waals surface area contributed by atoms with Crippen LogP contribution in [-0.2, 0) is 7.05 Å². The number of rotatable bonds is 4. The molecule has 6 nitrogen and oxygen atoms in total. The Morgan fingerprint density at radius 3 is 2.75 bits per heavy atom. The predicted octanol–water partition coefficient (Wildman–Crippen LogP) is 2.82. The standard InChI is InChI=1S/C17H16ClN5O/c1-22-10-14(8-19-22)23-9-12(7-20-23)11-2-5-16(18)15(6-11)17(24)21-13-3-4-13/h2,5-10,13H,3-4H2,1H3,(H,21,24). The van der Waals surface area contributed by atoms with Crippen LogP contribution in [0.25, 0.3) is 16.8 Å². The average Bonchev–Trinajstić information content (AvgIpc) is 3.07. The maximum absolute atomic E-state index is 12.3. The van der Waals surface area contributed by atoms with Crippen LogP contribution < -0.4 is 5.32 Å². The first-order chi connectivity index (χ1) is 11.6. The summed E-state index contributed by atoms with van der Waals surface area (Å²) in [5.74, 6) is -0.121. The first kappa shape index (κ1) is 15.0. The summed E-state index contributed by atoms with van der Waals surface area (Å²) in [7, 11) is 1.86. The van der Waals surface area contributed by atoms with Gasteiger partial charge in [-0.2, -0.15) is 10.2 Å². The Hall–Kier alpha value is -2.60. The third-order valence-electron chi connectivity index (χ3n) is 4.00. The van der Waals surface area contributed by atoms with E-state index in [2.05, 4.69) is 15.5 Å². The minimum atomic E-state index is -0.121. The van der Waals surface area contributed by atoms with E-state index in [9.17, 15) is 4.79 Å². The molecular formula is C17H16ClN5O. The highest BCUT2D eigenvalue weighted by Crippen LogP contribution is 2.27. The van der Waals surface area contributed by atoms with Gasteiger partial charge in [0.25, 0.3) is 5.91 Å². The summed E-state index contributed by atoms with van der Waals surface area (Å²) < 4.78 is 3.47. The van der Waals surface area contributed by atoms with Crippen molar-refractivity contribution in [2.75, 3.05) is 0 Å². The highest BCUT2D eigenvalue weighted by atomic mass is 35.5. The van der Waals surface area contributed by atoms with E-state index < -0.39 is 0 Å². The van der Waals surface area contributed by atoms with E-state index in [4.69, 9.17) is 11.6 Å². The highest BCUT2D eigenvalue weighted by Gasteiger charge is 2.25. The molecule has 3 aromatic rings. The van der Waals surface area contributed by atoms with Gasteiger partial charge in [0.1, 0.15) is 5.69 Å². The van der Waals surface area contributed by atoms with E-state index >= 15 is 0 Å². The summed E-state index contributed by atoms with van der Waals surface area (Å²) in [4.78, 5) is 12.3. The lowest BCUT2D eigenvalue weighted by atomic mass is 10.1. The Bertz CT molecular complexity index is 909. The van der Waals surface area contributed by atoms with Crippen molar-refractivity contribution in [2.45, 2.75) is 18.9 Å². The van der Waals surface area contributed by atoms with Crippen LogP contribution in [0.2, 0.25) is 5.02 Å². The number of carbonyl (C=O) groups is 1. The molecule has 0 atom stereocenters. The summed E-state index contributed by atoms with van der Waals surface area (Å²) >= 11 is 6.19. The summed E-state index contributed by atoms with van der Waals surface area (Å²) in [6.45, 7) is 0. The molecule has 24 heavy (non-hydrogen) atoms. The second kappa shape index (κ2) is 5.79. The van der Waals surface area contributed by atoms with Crippen LogP contribution in [0, 0.1) is 0 Å². The number of hydrogen-bond donors (Lipinski definition) is 1. The lowest BCUT2D eigenvalue weighted by molar-refractivity contribution is 0.0951. The van der Waals surface area contributed by atoms with Gasteiger partial charge in [-0.1, -0.05) is 17.7 Å². The molecule has 1 aliphatic carbocycles. The molecule has 0 saturated heterocycles. The van der Waals surface area contributed by atoms with Crippen LogP contribution in [0.5, 0.6) is 0 Å². The zero-order valence-corrected chi connectivity index (χ0v) is 13.9. The molecule has 2 aromatic heterocycles. The van der Waals surface area contributed by atoms with Gasteiger partial charge >= 0.3 is 0 Å². The number of nitrogens with zero attached hydrogens (tertiary/aromatic N) is 4. The molecule has 0 bridgehead atoms. The Morgan fingerprint density at radius 1 is 1.21 bits per heavy atom. The van der Waals surface area contributed by atoms with E-state index in [0.717, 1.165) is 29.7 Å². The lowest BCUT2D eigenvalue weighted by Crippen LogP contribution is -2.25. The molecular weight excluding hydrogens is 326 g/mol. The molecule has 0 radical (unpaired) electrons. The van der Waals surface area contributed by atoms with Crippen molar-refractivity contribution in [3.63, 3.8) is 0 Å². The molecule has 0 spiro atoms. The van der Waals surface area contributed by atoms with Crippen molar-refractivity contribution in [2.24, 2.45) is 7.05 Å². The maximum atomic E-state index is 12.3. The molecule has 2 heterocycles. The number of nitrogens with one attached hydrogen (secondary N) is 1. The van der Waals surface area contributed by atoms with Crippen LogP contribution >= 0.6 is 11.6 Å². The van der Waals surface area contributed by atoms with Crippen LogP contribution in [-0.4, -0.2) is 31.5 Å². The number of aryl methyl sites for hydroxylation is 1. The molecule has 1 aromatic carbocycles. The predicted molar refractivity (Wildman–Crippen MR) is 91.3 cm³/mol. The maximum Gasteiger partial charge on any atom is 0.253 e. The van der Waals surface area contributed by atoms with E-state index in [0.29, 0.717) is 16.6 Å². The number of amides is 1. The Balaban J connectivity index is 1.64. The zero-order valence-electron chi connectivity index (χ0n) is 13.1. The van der Waals surface area contributed by atoms with Gasteiger partial charge in [-0.05, 0) is 30.5 Å².